The average molecular weight is 426 g/mol. The van der Waals surface area contributed by atoms with Gasteiger partial charge in [-0.2, -0.15) is 0 Å². The fourth-order valence-corrected chi connectivity index (χ4v) is 4.30. The lowest BCUT2D eigenvalue weighted by Gasteiger charge is -2.39. The molecule has 156 valence electrons. The van der Waals surface area contributed by atoms with Crippen LogP contribution < -0.4 is 14.5 Å². The summed E-state index contributed by atoms with van der Waals surface area (Å²) in [7, 11) is 0. The molecular formula is C22H24ClN5O2. The number of para-hydroxylation sites is 1. The summed E-state index contributed by atoms with van der Waals surface area (Å²) in [5.74, 6) is 1.83. The van der Waals surface area contributed by atoms with Crippen LogP contribution in [-0.4, -0.2) is 59.2 Å². The topological polar surface area (TPSA) is 74.6 Å². The second kappa shape index (κ2) is 8.24. The molecule has 2 aromatic heterocycles. The highest BCUT2D eigenvalue weighted by Crippen LogP contribution is 2.31. The first kappa shape index (κ1) is 19.3. The van der Waals surface area contributed by atoms with E-state index in [1.807, 2.05) is 24.3 Å². The molecule has 0 saturated carbocycles. The van der Waals surface area contributed by atoms with Gasteiger partial charge >= 0.3 is 0 Å². The maximum atomic E-state index is 9.34. The molecule has 2 aliphatic heterocycles. The largest absolute Gasteiger partial charge is 0.469 e. The van der Waals surface area contributed by atoms with E-state index in [1.165, 1.54) is 0 Å². The summed E-state index contributed by atoms with van der Waals surface area (Å²) < 4.78 is 6.05. The van der Waals surface area contributed by atoms with Gasteiger partial charge in [0.2, 0.25) is 5.88 Å². The normalized spacial score (nSPS) is 17.9. The van der Waals surface area contributed by atoms with E-state index in [1.54, 1.807) is 0 Å². The number of ether oxygens (including phenoxy) is 1. The predicted octanol–water partition coefficient (Wildman–Crippen LogP) is 3.15. The summed E-state index contributed by atoms with van der Waals surface area (Å²) in [5, 5.41) is 19.1. The Bertz CT molecular complexity index is 1030. The number of halogens is 1. The van der Waals surface area contributed by atoms with Gasteiger partial charge in [0.05, 0.1) is 24.3 Å². The molecule has 2 saturated heterocycles. The van der Waals surface area contributed by atoms with Crippen LogP contribution in [-0.2, 0) is 0 Å². The zero-order chi connectivity index (χ0) is 20.5. The van der Waals surface area contributed by atoms with Gasteiger partial charge in [0, 0.05) is 31.1 Å². The van der Waals surface area contributed by atoms with Crippen LogP contribution in [0.25, 0.3) is 10.9 Å². The zero-order valence-electron chi connectivity index (χ0n) is 16.6. The Morgan fingerprint density at radius 2 is 1.83 bits per heavy atom. The fourth-order valence-electron chi connectivity index (χ4n) is 4.09. The van der Waals surface area contributed by atoms with Crippen LogP contribution in [0.3, 0.4) is 0 Å². The molecule has 2 aliphatic rings. The van der Waals surface area contributed by atoms with Gasteiger partial charge in [-0.3, -0.25) is 0 Å². The molecule has 7 nitrogen and oxygen atoms in total. The lowest BCUT2D eigenvalue weighted by Crippen LogP contribution is -2.54. The molecule has 0 bridgehead atoms. The third-order valence-corrected chi connectivity index (χ3v) is 6.23. The molecule has 0 radical (unpaired) electrons. The molecule has 0 unspecified atom stereocenters. The molecule has 0 amide bonds. The molecule has 30 heavy (non-hydrogen) atoms. The minimum atomic E-state index is 0.0433. The van der Waals surface area contributed by atoms with E-state index >= 15 is 0 Å². The molecule has 3 aromatic rings. The second-order valence-corrected chi connectivity index (χ2v) is 8.34. The molecule has 0 spiro atoms. The van der Waals surface area contributed by atoms with Gasteiger partial charge in [0.1, 0.15) is 11.9 Å². The molecule has 1 aromatic carbocycles. The number of piperidine rings is 1. The maximum Gasteiger partial charge on any atom is 0.235 e. The fraction of sp³-hybridized carbons (Fsp3) is 0.409. The van der Waals surface area contributed by atoms with Crippen molar-refractivity contribution in [3.8, 4) is 5.88 Å². The van der Waals surface area contributed by atoms with Gasteiger partial charge < -0.3 is 19.6 Å². The summed E-state index contributed by atoms with van der Waals surface area (Å²) in [6.45, 7) is 3.45. The number of aromatic nitrogens is 3. The van der Waals surface area contributed by atoms with Crippen molar-refractivity contribution in [2.24, 2.45) is 5.92 Å². The SMILES string of the molecule is OCC1CCN(c2cc(OC3CN(c4ccc5ccccc5n4)C3)nnc2Cl)CC1. The average Bonchev–Trinajstić information content (AvgIpc) is 2.77. The highest BCUT2D eigenvalue weighted by atomic mass is 35.5. The Labute approximate surface area is 180 Å². The van der Waals surface area contributed by atoms with Crippen LogP contribution in [0, 0.1) is 5.92 Å². The number of anilines is 2. The van der Waals surface area contributed by atoms with Gasteiger partial charge in [0.25, 0.3) is 0 Å². The van der Waals surface area contributed by atoms with Crippen LogP contribution in [0.4, 0.5) is 11.5 Å². The van der Waals surface area contributed by atoms with Crippen LogP contribution in [0.1, 0.15) is 12.8 Å². The van der Waals surface area contributed by atoms with Gasteiger partial charge in [-0.1, -0.05) is 29.8 Å². The lowest BCUT2D eigenvalue weighted by molar-refractivity contribution is 0.158. The highest BCUT2D eigenvalue weighted by Gasteiger charge is 2.30. The quantitative estimate of drug-likeness (QED) is 0.673. The number of nitrogens with zero attached hydrogens (tertiary/aromatic N) is 5. The number of rotatable bonds is 5. The van der Waals surface area contributed by atoms with Crippen molar-refractivity contribution in [3.05, 3.63) is 47.6 Å². The number of pyridine rings is 1. The molecule has 0 aliphatic carbocycles. The van der Waals surface area contributed by atoms with Crippen molar-refractivity contribution in [1.29, 1.82) is 0 Å². The Kier molecular flexibility index (Phi) is 5.31. The van der Waals surface area contributed by atoms with Crippen molar-refractivity contribution in [3.63, 3.8) is 0 Å². The first-order valence-electron chi connectivity index (χ1n) is 10.4. The van der Waals surface area contributed by atoms with Crippen LogP contribution in [0.5, 0.6) is 5.88 Å². The minimum Gasteiger partial charge on any atom is -0.469 e. The van der Waals surface area contributed by atoms with Gasteiger partial charge in [0.15, 0.2) is 5.15 Å². The Balaban J connectivity index is 1.22. The third kappa shape index (κ3) is 3.87. The molecule has 8 heteroatoms. The zero-order valence-corrected chi connectivity index (χ0v) is 17.4. The first-order chi connectivity index (χ1) is 14.7. The maximum absolute atomic E-state index is 9.34. The van der Waals surface area contributed by atoms with E-state index in [0.717, 1.165) is 61.4 Å². The Hall–Kier alpha value is -2.64. The number of hydrogen-bond acceptors (Lipinski definition) is 7. The van der Waals surface area contributed by atoms with Crippen molar-refractivity contribution in [2.75, 3.05) is 42.6 Å². The van der Waals surface area contributed by atoms with E-state index in [2.05, 4.69) is 38.2 Å². The van der Waals surface area contributed by atoms with E-state index in [-0.39, 0.29) is 12.7 Å². The summed E-state index contributed by atoms with van der Waals surface area (Å²) >= 11 is 6.30. The molecule has 2 fully saturated rings. The van der Waals surface area contributed by atoms with E-state index in [4.69, 9.17) is 21.3 Å². The third-order valence-electron chi connectivity index (χ3n) is 5.96. The number of aliphatic hydroxyl groups excluding tert-OH is 1. The minimum absolute atomic E-state index is 0.0433. The number of hydrogen-bond donors (Lipinski definition) is 1. The number of fused-ring (bicyclic) bond motifs is 1. The van der Waals surface area contributed by atoms with Crippen molar-refractivity contribution >= 4 is 34.0 Å². The summed E-state index contributed by atoms with van der Waals surface area (Å²) in [4.78, 5) is 9.13. The van der Waals surface area contributed by atoms with Crippen LogP contribution >= 0.6 is 11.6 Å². The van der Waals surface area contributed by atoms with Gasteiger partial charge in [-0.05, 0) is 37.0 Å². The summed E-state index contributed by atoms with van der Waals surface area (Å²) in [6, 6.07) is 14.2. The van der Waals surface area contributed by atoms with Crippen LogP contribution in [0.15, 0.2) is 42.5 Å². The molecule has 1 N–H and O–H groups in total. The molecule has 0 atom stereocenters. The standard InChI is InChI=1S/C22H24ClN5O2/c23-22-19(27-9-7-15(14-29)8-10-27)11-21(25-26-22)30-17-12-28(13-17)20-6-5-16-3-1-2-4-18(16)24-20/h1-6,11,15,17,29H,7-10,12-14H2. The number of benzene rings is 1. The Morgan fingerprint density at radius 3 is 2.63 bits per heavy atom. The summed E-state index contributed by atoms with van der Waals surface area (Å²) in [6.07, 6.45) is 1.94. The van der Waals surface area contributed by atoms with Crippen molar-refractivity contribution in [1.82, 2.24) is 15.2 Å². The van der Waals surface area contributed by atoms with E-state index in [9.17, 15) is 5.11 Å². The monoisotopic (exact) mass is 425 g/mol. The first-order valence-corrected chi connectivity index (χ1v) is 10.7. The highest BCUT2D eigenvalue weighted by molar-refractivity contribution is 6.31. The van der Waals surface area contributed by atoms with Gasteiger partial charge in [-0.15, -0.1) is 10.2 Å². The van der Waals surface area contributed by atoms with E-state index in [0.29, 0.717) is 17.0 Å². The molecule has 5 rings (SSSR count). The Morgan fingerprint density at radius 1 is 1.03 bits per heavy atom. The van der Waals surface area contributed by atoms with Gasteiger partial charge in [-0.25, -0.2) is 4.98 Å². The van der Waals surface area contributed by atoms with Crippen molar-refractivity contribution < 1.29 is 9.84 Å². The smallest absolute Gasteiger partial charge is 0.235 e. The molecular weight excluding hydrogens is 402 g/mol. The summed E-state index contributed by atoms with van der Waals surface area (Å²) in [5.41, 5.74) is 1.85. The number of aliphatic hydroxyl groups is 1. The van der Waals surface area contributed by atoms with E-state index < -0.39 is 0 Å². The predicted molar refractivity (Wildman–Crippen MR) is 117 cm³/mol. The lowest BCUT2D eigenvalue weighted by atomic mass is 9.98. The second-order valence-electron chi connectivity index (χ2n) is 7.98. The van der Waals surface area contributed by atoms with Crippen molar-refractivity contribution in [2.45, 2.75) is 18.9 Å². The van der Waals surface area contributed by atoms with Crippen LogP contribution in [0.2, 0.25) is 5.15 Å². The molecule has 4 heterocycles.